The highest BCUT2D eigenvalue weighted by Gasteiger charge is 2.33. The van der Waals surface area contributed by atoms with Gasteiger partial charge >= 0.3 is 6.09 Å². The number of H-pyrrole nitrogens is 1. The molecule has 0 saturated carbocycles. The molecule has 6 aromatic rings. The number of nitrogens with one attached hydrogen (secondary N) is 3. The molecule has 2 amide bonds. The number of para-hydroxylation sites is 1. The average Bonchev–Trinajstić information content (AvgIpc) is 3.77. The first kappa shape index (κ1) is 28.2. The normalized spacial score (nSPS) is 14.2. The van der Waals surface area contributed by atoms with Gasteiger partial charge in [-0.15, -0.1) is 0 Å². The molecule has 0 spiro atoms. The molecule has 1 atom stereocenters. The fraction of sp³-hybridized carbons (Fsp3) is 0.206. The number of fused-ring (bicyclic) bond motifs is 3. The number of nitrogens with two attached hydrogens (primary N) is 1. The molecule has 3 aromatic carbocycles. The molecular weight excluding hydrogens is 570 g/mol. The Morgan fingerprint density at radius 2 is 1.96 bits per heavy atom. The molecule has 1 aliphatic rings. The van der Waals surface area contributed by atoms with Crippen LogP contribution in [0.3, 0.4) is 0 Å². The Morgan fingerprint density at radius 3 is 2.78 bits per heavy atom. The zero-order chi connectivity index (χ0) is 31.1. The van der Waals surface area contributed by atoms with Crippen molar-refractivity contribution in [2.24, 2.45) is 12.8 Å². The summed E-state index contributed by atoms with van der Waals surface area (Å²) in [5, 5.41) is 19.0. The van der Waals surface area contributed by atoms with Crippen molar-refractivity contribution in [3.05, 3.63) is 119 Å². The number of aryl methyl sites for hydroxylation is 1. The Hall–Kier alpha value is -5.55. The first-order valence-electron chi connectivity index (χ1n) is 14.8. The van der Waals surface area contributed by atoms with Gasteiger partial charge in [-0.3, -0.25) is 4.79 Å². The van der Waals surface area contributed by atoms with Crippen LogP contribution in [-0.4, -0.2) is 42.8 Å². The third kappa shape index (κ3) is 5.49. The fourth-order valence-corrected chi connectivity index (χ4v) is 6.37. The van der Waals surface area contributed by atoms with Crippen LogP contribution in [0.25, 0.3) is 21.8 Å². The van der Waals surface area contributed by atoms with Gasteiger partial charge in [0.2, 0.25) is 0 Å². The van der Waals surface area contributed by atoms with Crippen molar-refractivity contribution in [2.45, 2.75) is 32.1 Å². The van der Waals surface area contributed by atoms with Gasteiger partial charge < -0.3 is 40.3 Å². The predicted octanol–water partition coefficient (Wildman–Crippen LogP) is 4.37. The second kappa shape index (κ2) is 11.5. The summed E-state index contributed by atoms with van der Waals surface area (Å²) >= 11 is 0. The van der Waals surface area contributed by atoms with E-state index in [1.165, 1.54) is 0 Å². The van der Waals surface area contributed by atoms with Gasteiger partial charge in [0, 0.05) is 77.6 Å². The third-order valence-corrected chi connectivity index (χ3v) is 8.35. The maximum Gasteiger partial charge on any atom is 0.404 e. The van der Waals surface area contributed by atoms with Crippen LogP contribution in [0, 0.1) is 0 Å². The number of hydrogen-bond acceptors (Lipinski definition) is 6. The van der Waals surface area contributed by atoms with Crippen LogP contribution in [0.1, 0.15) is 50.0 Å². The van der Waals surface area contributed by atoms with E-state index in [4.69, 9.17) is 10.5 Å². The molecule has 45 heavy (non-hydrogen) atoms. The minimum Gasteiger partial charge on any atom is -0.508 e. The van der Waals surface area contributed by atoms with Crippen molar-refractivity contribution in [1.82, 2.24) is 29.7 Å². The molecule has 0 aliphatic carbocycles. The predicted molar refractivity (Wildman–Crippen MR) is 170 cm³/mol. The number of imidazole rings is 1. The molecule has 11 nitrogen and oxygen atoms in total. The highest BCUT2D eigenvalue weighted by Crippen LogP contribution is 2.38. The van der Waals surface area contributed by atoms with Gasteiger partial charge in [-0.05, 0) is 47.0 Å². The Balaban J connectivity index is 1.15. The monoisotopic (exact) mass is 603 g/mol. The van der Waals surface area contributed by atoms with Crippen molar-refractivity contribution in [3.8, 4) is 5.75 Å². The molecular formula is C34H33N7O4. The van der Waals surface area contributed by atoms with E-state index >= 15 is 0 Å². The summed E-state index contributed by atoms with van der Waals surface area (Å²) in [4.78, 5) is 32.0. The summed E-state index contributed by atoms with van der Waals surface area (Å²) in [5.41, 5.74) is 13.6. The van der Waals surface area contributed by atoms with E-state index in [2.05, 4.69) is 49.6 Å². The average molecular weight is 604 g/mol. The van der Waals surface area contributed by atoms with Crippen molar-refractivity contribution in [2.75, 3.05) is 6.61 Å². The zero-order valence-electron chi connectivity index (χ0n) is 24.7. The van der Waals surface area contributed by atoms with Crippen LogP contribution in [0.15, 0.2) is 79.4 Å². The van der Waals surface area contributed by atoms with E-state index in [0.29, 0.717) is 31.6 Å². The molecule has 11 heteroatoms. The minimum atomic E-state index is -0.781. The number of aromatic nitrogens is 4. The summed E-state index contributed by atoms with van der Waals surface area (Å²) in [6.07, 6.45) is 5.64. The van der Waals surface area contributed by atoms with Gasteiger partial charge in [0.25, 0.3) is 5.91 Å². The summed E-state index contributed by atoms with van der Waals surface area (Å²) in [6, 6.07) is 18.9. The largest absolute Gasteiger partial charge is 0.508 e. The molecule has 228 valence electrons. The number of ether oxygens (including phenoxy) is 1. The molecule has 0 fully saturated rings. The zero-order valence-corrected chi connectivity index (χ0v) is 24.7. The Bertz CT molecular complexity index is 2070. The van der Waals surface area contributed by atoms with Gasteiger partial charge in [0.1, 0.15) is 5.75 Å². The van der Waals surface area contributed by atoms with Crippen molar-refractivity contribution in [3.63, 3.8) is 0 Å². The number of carbonyl (C=O) groups excluding carboxylic acids is 2. The maximum absolute atomic E-state index is 12.8. The quantitative estimate of drug-likeness (QED) is 0.157. The third-order valence-electron chi connectivity index (χ3n) is 8.35. The van der Waals surface area contributed by atoms with Crippen LogP contribution < -0.4 is 16.4 Å². The number of hydrogen-bond donors (Lipinski definition) is 5. The Kier molecular flexibility index (Phi) is 7.22. The lowest BCUT2D eigenvalue weighted by molar-refractivity contribution is 0.0960. The molecule has 4 heterocycles. The summed E-state index contributed by atoms with van der Waals surface area (Å²) < 4.78 is 9.11. The molecule has 0 bridgehead atoms. The highest BCUT2D eigenvalue weighted by molar-refractivity contribution is 6.01. The number of aromatic hydroxyl groups is 1. The molecule has 1 aliphatic heterocycles. The number of primary amides is 1. The molecule has 0 saturated heterocycles. The Morgan fingerprint density at radius 1 is 1.09 bits per heavy atom. The number of rotatable bonds is 10. The van der Waals surface area contributed by atoms with Crippen LogP contribution >= 0.6 is 0 Å². The SMILES string of the molecule is Cn1cnc(Cn2cc(CCOC(N)=O)c3ccc(CNCc4[nH]c5ccccc5c4[C@H]4NC(=O)c5ccc(O)cc54)cc32)c1. The van der Waals surface area contributed by atoms with Crippen LogP contribution in [0.2, 0.25) is 0 Å². The van der Waals surface area contributed by atoms with Gasteiger partial charge in [-0.2, -0.15) is 0 Å². The first-order chi connectivity index (χ1) is 21.8. The van der Waals surface area contributed by atoms with E-state index in [9.17, 15) is 14.7 Å². The first-order valence-corrected chi connectivity index (χ1v) is 14.8. The number of nitrogens with zero attached hydrogens (tertiary/aromatic N) is 3. The molecule has 0 unspecified atom stereocenters. The molecule has 3 aromatic heterocycles. The van der Waals surface area contributed by atoms with Crippen molar-refractivity contribution in [1.29, 1.82) is 0 Å². The summed E-state index contributed by atoms with van der Waals surface area (Å²) in [6.45, 7) is 1.95. The lowest BCUT2D eigenvalue weighted by atomic mass is 9.95. The number of phenols is 1. The molecule has 6 N–H and O–H groups in total. The van der Waals surface area contributed by atoms with Gasteiger partial charge in [0.05, 0.1) is 31.2 Å². The topological polar surface area (TPSA) is 152 Å². The second-order valence-electron chi connectivity index (χ2n) is 11.4. The summed E-state index contributed by atoms with van der Waals surface area (Å²) in [5.74, 6) is -0.0248. The molecule has 7 rings (SSSR count). The van der Waals surface area contributed by atoms with Gasteiger partial charge in [0.15, 0.2) is 0 Å². The summed E-state index contributed by atoms with van der Waals surface area (Å²) in [7, 11) is 1.95. The minimum absolute atomic E-state index is 0.126. The van der Waals surface area contributed by atoms with Crippen molar-refractivity contribution >= 4 is 33.8 Å². The number of phenolic OH excluding ortho intramolecular Hbond substituents is 1. The second-order valence-corrected chi connectivity index (χ2v) is 11.4. The van der Waals surface area contributed by atoms with E-state index in [1.54, 1.807) is 24.5 Å². The van der Waals surface area contributed by atoms with E-state index in [1.807, 2.05) is 42.1 Å². The lowest BCUT2D eigenvalue weighted by Gasteiger charge is -2.15. The number of benzene rings is 3. The standard InChI is InChI=1S/C34H33N7O4/c1-40-17-22(37-19-40)18-41-16-21(10-11-45-34(35)44)24-8-6-20(12-30(24)41)14-36-15-29-31(26-4-2-3-5-28(26)38-29)32-27-13-23(42)7-9-25(27)33(43)39-32/h2-9,12-13,16-17,19,32,36,38,42H,10-11,14-15,18H2,1H3,(H2,35,44)(H,39,43)/t32-/m0/s1. The van der Waals surface area contributed by atoms with E-state index in [-0.39, 0.29) is 24.3 Å². The number of amides is 2. The van der Waals surface area contributed by atoms with Gasteiger partial charge in [-0.1, -0.05) is 30.3 Å². The molecule has 0 radical (unpaired) electrons. The van der Waals surface area contributed by atoms with Crippen molar-refractivity contribution < 1.29 is 19.4 Å². The highest BCUT2D eigenvalue weighted by atomic mass is 16.5. The smallest absolute Gasteiger partial charge is 0.404 e. The maximum atomic E-state index is 12.8. The van der Waals surface area contributed by atoms with Crippen LogP contribution in [-0.2, 0) is 37.8 Å². The van der Waals surface area contributed by atoms with Crippen LogP contribution in [0.5, 0.6) is 5.75 Å². The number of aromatic amines is 1. The van der Waals surface area contributed by atoms with Gasteiger partial charge in [-0.25, -0.2) is 9.78 Å². The van der Waals surface area contributed by atoms with Crippen LogP contribution in [0.4, 0.5) is 4.79 Å². The fourth-order valence-electron chi connectivity index (χ4n) is 6.37. The van der Waals surface area contributed by atoms with E-state index in [0.717, 1.165) is 55.4 Å². The Labute approximate surface area is 258 Å². The lowest BCUT2D eigenvalue weighted by Crippen LogP contribution is -2.22. The number of carbonyl (C=O) groups is 2. The van der Waals surface area contributed by atoms with E-state index < -0.39 is 6.09 Å².